The molecular formula is C11H21F2N3O2. The molecule has 7 heteroatoms. The van der Waals surface area contributed by atoms with Crippen LogP contribution in [0.1, 0.15) is 12.8 Å². The van der Waals surface area contributed by atoms with E-state index in [1.807, 2.05) is 4.90 Å². The minimum atomic E-state index is -2.46. The molecule has 106 valence electrons. The number of halogens is 2. The number of likely N-dealkylation sites (tertiary alicyclic amines) is 1. The van der Waals surface area contributed by atoms with Gasteiger partial charge in [0.15, 0.2) is 0 Å². The van der Waals surface area contributed by atoms with Crippen molar-refractivity contribution in [1.82, 2.24) is 10.2 Å². The van der Waals surface area contributed by atoms with Gasteiger partial charge in [0.25, 0.3) is 6.43 Å². The number of carbonyl (C=O) groups is 1. The summed E-state index contributed by atoms with van der Waals surface area (Å²) in [5.41, 5.74) is 5.76. The average molecular weight is 265 g/mol. The number of nitrogens with one attached hydrogen (secondary N) is 1. The summed E-state index contributed by atoms with van der Waals surface area (Å²) in [5, 5.41) is 2.63. The fraction of sp³-hybridized carbons (Fsp3) is 0.909. The molecule has 5 nitrogen and oxygen atoms in total. The van der Waals surface area contributed by atoms with Gasteiger partial charge in [-0.15, -0.1) is 0 Å². The summed E-state index contributed by atoms with van der Waals surface area (Å²) in [6.07, 6.45) is -0.645. The van der Waals surface area contributed by atoms with Crippen LogP contribution in [0.3, 0.4) is 0 Å². The van der Waals surface area contributed by atoms with Crippen molar-refractivity contribution in [2.75, 3.05) is 39.4 Å². The Morgan fingerprint density at radius 1 is 1.44 bits per heavy atom. The molecule has 0 bridgehead atoms. The number of hydrogen-bond acceptors (Lipinski definition) is 4. The molecular weight excluding hydrogens is 244 g/mol. The molecule has 1 heterocycles. The highest BCUT2D eigenvalue weighted by Crippen LogP contribution is 2.06. The highest BCUT2D eigenvalue weighted by Gasteiger charge is 2.17. The smallest absolute Gasteiger partial charge is 0.261 e. The van der Waals surface area contributed by atoms with E-state index < -0.39 is 13.0 Å². The molecule has 1 amide bonds. The van der Waals surface area contributed by atoms with Crippen LogP contribution < -0.4 is 11.1 Å². The van der Waals surface area contributed by atoms with Gasteiger partial charge in [-0.05, 0) is 12.8 Å². The first-order valence-electron chi connectivity index (χ1n) is 6.18. The SMILES string of the molecule is NC1CCN(CC(=O)NCCOCC(F)F)CC1. The maximum atomic E-state index is 11.7. The van der Waals surface area contributed by atoms with Crippen LogP contribution in [0.25, 0.3) is 0 Å². The van der Waals surface area contributed by atoms with Gasteiger partial charge in [0.2, 0.25) is 5.91 Å². The minimum Gasteiger partial charge on any atom is -0.374 e. The Kier molecular flexibility index (Phi) is 7.07. The Morgan fingerprint density at radius 2 is 2.11 bits per heavy atom. The van der Waals surface area contributed by atoms with Crippen LogP contribution in [0, 0.1) is 0 Å². The molecule has 0 unspecified atom stereocenters. The second-order valence-corrected chi connectivity index (χ2v) is 4.43. The largest absolute Gasteiger partial charge is 0.374 e. The summed E-state index contributed by atoms with van der Waals surface area (Å²) in [6, 6.07) is 0.243. The minimum absolute atomic E-state index is 0.105. The van der Waals surface area contributed by atoms with Crippen molar-refractivity contribution in [1.29, 1.82) is 0 Å². The molecule has 0 radical (unpaired) electrons. The van der Waals surface area contributed by atoms with E-state index in [2.05, 4.69) is 10.1 Å². The summed E-state index contributed by atoms with van der Waals surface area (Å²) >= 11 is 0. The number of amides is 1. The number of carbonyl (C=O) groups excluding carboxylic acids is 1. The molecule has 0 aromatic rings. The Balaban J connectivity index is 2.00. The molecule has 0 aliphatic carbocycles. The van der Waals surface area contributed by atoms with E-state index in [4.69, 9.17) is 5.73 Å². The molecule has 0 aromatic carbocycles. The van der Waals surface area contributed by atoms with Crippen LogP contribution in [0.4, 0.5) is 8.78 Å². The fourth-order valence-corrected chi connectivity index (χ4v) is 1.81. The van der Waals surface area contributed by atoms with Gasteiger partial charge in [0.05, 0.1) is 13.2 Å². The molecule has 0 saturated carbocycles. The normalized spacial score (nSPS) is 18.2. The van der Waals surface area contributed by atoms with Crippen molar-refractivity contribution in [3.05, 3.63) is 0 Å². The Labute approximate surface area is 106 Å². The third-order valence-electron chi connectivity index (χ3n) is 2.81. The highest BCUT2D eigenvalue weighted by atomic mass is 19.3. The van der Waals surface area contributed by atoms with E-state index >= 15 is 0 Å². The molecule has 1 rings (SSSR count). The molecule has 1 fully saturated rings. The molecule has 0 aromatic heterocycles. The van der Waals surface area contributed by atoms with Crippen LogP contribution in [-0.4, -0.2) is 62.7 Å². The van der Waals surface area contributed by atoms with Gasteiger partial charge in [-0.25, -0.2) is 8.78 Å². The Hall–Kier alpha value is -0.790. The van der Waals surface area contributed by atoms with Crippen LogP contribution in [-0.2, 0) is 9.53 Å². The number of nitrogens with zero attached hydrogens (tertiary/aromatic N) is 1. The van der Waals surface area contributed by atoms with Crippen molar-refractivity contribution >= 4 is 5.91 Å². The average Bonchev–Trinajstić information content (AvgIpc) is 2.31. The third kappa shape index (κ3) is 6.83. The summed E-state index contributed by atoms with van der Waals surface area (Å²) in [7, 11) is 0. The van der Waals surface area contributed by atoms with Crippen molar-refractivity contribution in [2.24, 2.45) is 5.73 Å². The lowest BCUT2D eigenvalue weighted by Gasteiger charge is -2.29. The van der Waals surface area contributed by atoms with E-state index in [9.17, 15) is 13.6 Å². The van der Waals surface area contributed by atoms with Crippen LogP contribution in [0.5, 0.6) is 0 Å². The van der Waals surface area contributed by atoms with E-state index in [0.29, 0.717) is 6.54 Å². The molecule has 3 N–H and O–H groups in total. The highest BCUT2D eigenvalue weighted by molar-refractivity contribution is 5.77. The van der Waals surface area contributed by atoms with Gasteiger partial charge >= 0.3 is 0 Å². The van der Waals surface area contributed by atoms with Gasteiger partial charge in [-0.2, -0.15) is 0 Å². The second kappa shape index (κ2) is 8.34. The third-order valence-corrected chi connectivity index (χ3v) is 2.81. The van der Waals surface area contributed by atoms with Gasteiger partial charge in [-0.3, -0.25) is 9.69 Å². The summed E-state index contributed by atoms with van der Waals surface area (Å²) in [6.45, 7) is 1.79. The number of piperidine rings is 1. The standard InChI is InChI=1S/C11H21F2N3O2/c12-10(13)8-18-6-3-15-11(17)7-16-4-1-9(14)2-5-16/h9-10H,1-8,14H2,(H,15,17). The first kappa shape index (κ1) is 15.3. The van der Waals surface area contributed by atoms with Crippen LogP contribution >= 0.6 is 0 Å². The molecule has 1 aliphatic rings. The lowest BCUT2D eigenvalue weighted by atomic mass is 10.1. The molecule has 0 atom stereocenters. The predicted octanol–water partition coefficient (Wildman–Crippen LogP) is -0.193. The number of hydrogen-bond donors (Lipinski definition) is 2. The molecule has 1 aliphatic heterocycles. The van der Waals surface area contributed by atoms with Crippen molar-refractivity contribution in [2.45, 2.75) is 25.3 Å². The maximum absolute atomic E-state index is 11.7. The quantitative estimate of drug-likeness (QED) is 0.626. The van der Waals surface area contributed by atoms with Gasteiger partial charge in [0.1, 0.15) is 6.61 Å². The van der Waals surface area contributed by atoms with Crippen LogP contribution in [0.2, 0.25) is 0 Å². The van der Waals surface area contributed by atoms with Gasteiger partial charge in [0, 0.05) is 25.7 Å². The van der Waals surface area contributed by atoms with E-state index in [1.165, 1.54) is 0 Å². The predicted molar refractivity (Wildman–Crippen MR) is 63.5 cm³/mol. The Bertz CT molecular complexity index is 246. The molecule has 0 spiro atoms. The first-order chi connectivity index (χ1) is 8.58. The van der Waals surface area contributed by atoms with E-state index in [0.717, 1.165) is 25.9 Å². The summed E-state index contributed by atoms with van der Waals surface area (Å²) < 4.78 is 28.1. The topological polar surface area (TPSA) is 67.6 Å². The second-order valence-electron chi connectivity index (χ2n) is 4.43. The van der Waals surface area contributed by atoms with E-state index in [-0.39, 0.29) is 25.1 Å². The number of ether oxygens (including phenoxy) is 1. The summed E-state index contributed by atoms with van der Waals surface area (Å²) in [4.78, 5) is 13.5. The molecule has 1 saturated heterocycles. The molecule has 18 heavy (non-hydrogen) atoms. The fourth-order valence-electron chi connectivity index (χ4n) is 1.81. The number of nitrogens with two attached hydrogens (primary N) is 1. The maximum Gasteiger partial charge on any atom is 0.261 e. The van der Waals surface area contributed by atoms with E-state index in [1.54, 1.807) is 0 Å². The van der Waals surface area contributed by atoms with Crippen LogP contribution in [0.15, 0.2) is 0 Å². The number of rotatable bonds is 7. The monoisotopic (exact) mass is 265 g/mol. The van der Waals surface area contributed by atoms with Crippen molar-refractivity contribution < 1.29 is 18.3 Å². The zero-order chi connectivity index (χ0) is 13.4. The van der Waals surface area contributed by atoms with Crippen molar-refractivity contribution in [3.8, 4) is 0 Å². The first-order valence-corrected chi connectivity index (χ1v) is 6.18. The zero-order valence-electron chi connectivity index (χ0n) is 10.4. The summed E-state index contributed by atoms with van der Waals surface area (Å²) in [5.74, 6) is -0.105. The lowest BCUT2D eigenvalue weighted by Crippen LogP contribution is -2.45. The zero-order valence-corrected chi connectivity index (χ0v) is 10.4. The number of alkyl halides is 2. The van der Waals surface area contributed by atoms with Gasteiger partial charge < -0.3 is 15.8 Å². The van der Waals surface area contributed by atoms with Crippen molar-refractivity contribution in [3.63, 3.8) is 0 Å². The van der Waals surface area contributed by atoms with Gasteiger partial charge in [-0.1, -0.05) is 0 Å². The Morgan fingerprint density at radius 3 is 2.72 bits per heavy atom. The lowest BCUT2D eigenvalue weighted by molar-refractivity contribution is -0.122.